The van der Waals surface area contributed by atoms with Crippen molar-refractivity contribution in [2.24, 2.45) is 0 Å². The largest absolute Gasteiger partial charge is 0.497 e. The van der Waals surface area contributed by atoms with Crippen LogP contribution in [0.15, 0.2) is 60.8 Å². The van der Waals surface area contributed by atoms with Crippen molar-refractivity contribution < 1.29 is 28.5 Å². The zero-order chi connectivity index (χ0) is 26.7. The summed E-state index contributed by atoms with van der Waals surface area (Å²) in [6.45, 7) is 1.18. The number of benzene rings is 2. The Morgan fingerprint density at radius 3 is 2.47 bits per heavy atom. The Morgan fingerprint density at radius 2 is 1.71 bits per heavy atom. The van der Waals surface area contributed by atoms with Crippen LogP contribution < -0.4 is 24.3 Å². The maximum Gasteiger partial charge on any atom is 0.259 e. The first kappa shape index (κ1) is 26.8. The van der Waals surface area contributed by atoms with E-state index in [0.717, 1.165) is 31.2 Å². The van der Waals surface area contributed by atoms with Crippen LogP contribution in [0.3, 0.4) is 0 Å². The molecule has 2 amide bonds. The second kappa shape index (κ2) is 13.3. The van der Waals surface area contributed by atoms with E-state index in [0.29, 0.717) is 36.1 Å². The van der Waals surface area contributed by atoms with E-state index in [1.807, 2.05) is 30.3 Å². The van der Waals surface area contributed by atoms with Gasteiger partial charge in [0.1, 0.15) is 17.1 Å². The number of nitrogens with zero attached hydrogens (tertiary/aromatic N) is 2. The second-order valence-electron chi connectivity index (χ2n) is 8.89. The van der Waals surface area contributed by atoms with Gasteiger partial charge in [-0.15, -0.1) is 0 Å². The van der Waals surface area contributed by atoms with Gasteiger partial charge < -0.3 is 29.2 Å². The molecule has 0 bridgehead atoms. The normalized spacial score (nSPS) is 14.2. The molecule has 0 radical (unpaired) electrons. The lowest BCUT2D eigenvalue weighted by molar-refractivity contribution is -0.122. The first-order chi connectivity index (χ1) is 18.6. The van der Waals surface area contributed by atoms with Crippen molar-refractivity contribution in [2.45, 2.75) is 32.2 Å². The van der Waals surface area contributed by atoms with Crippen LogP contribution in [0.5, 0.6) is 28.9 Å². The van der Waals surface area contributed by atoms with Crippen molar-refractivity contribution >= 4 is 11.8 Å². The first-order valence-corrected chi connectivity index (χ1v) is 12.7. The fraction of sp³-hybridized carbons (Fsp3) is 0.345. The Hall–Kier alpha value is -4.27. The summed E-state index contributed by atoms with van der Waals surface area (Å²) < 4.78 is 22.6. The zero-order valence-corrected chi connectivity index (χ0v) is 21.8. The maximum atomic E-state index is 13.7. The van der Waals surface area contributed by atoms with Crippen LogP contribution in [0.25, 0.3) is 0 Å². The summed E-state index contributed by atoms with van der Waals surface area (Å²) in [5, 5.41) is 2.90. The lowest BCUT2D eigenvalue weighted by Gasteiger charge is -2.24. The number of para-hydroxylation sites is 2. The van der Waals surface area contributed by atoms with Crippen molar-refractivity contribution in [1.82, 2.24) is 15.2 Å². The summed E-state index contributed by atoms with van der Waals surface area (Å²) in [4.78, 5) is 32.5. The molecule has 4 rings (SSSR count). The molecule has 0 spiro atoms. The molecule has 0 saturated carbocycles. The van der Waals surface area contributed by atoms with E-state index < -0.39 is 0 Å². The highest BCUT2D eigenvalue weighted by Crippen LogP contribution is 2.32. The fourth-order valence-corrected chi connectivity index (χ4v) is 4.15. The van der Waals surface area contributed by atoms with Crippen LogP contribution in [-0.4, -0.2) is 55.6 Å². The Morgan fingerprint density at radius 1 is 0.974 bits per heavy atom. The Kier molecular flexibility index (Phi) is 9.39. The summed E-state index contributed by atoms with van der Waals surface area (Å²) in [5.41, 5.74) is 1.11. The van der Waals surface area contributed by atoms with E-state index in [-0.39, 0.29) is 36.3 Å². The third-order valence-corrected chi connectivity index (χ3v) is 6.16. The van der Waals surface area contributed by atoms with Gasteiger partial charge >= 0.3 is 0 Å². The Bertz CT molecular complexity index is 1230. The van der Waals surface area contributed by atoms with Crippen LogP contribution >= 0.6 is 0 Å². The monoisotopic (exact) mass is 519 g/mol. The summed E-state index contributed by atoms with van der Waals surface area (Å²) in [5.74, 6) is 1.92. The van der Waals surface area contributed by atoms with E-state index in [1.165, 1.54) is 0 Å². The number of carbonyl (C=O) groups excluding carboxylic acids is 2. The van der Waals surface area contributed by atoms with Gasteiger partial charge in [-0.3, -0.25) is 9.59 Å². The van der Waals surface area contributed by atoms with Crippen LogP contribution in [0, 0.1) is 0 Å². The molecule has 9 nitrogen and oxygen atoms in total. The molecule has 38 heavy (non-hydrogen) atoms. The average Bonchev–Trinajstić information content (AvgIpc) is 2.95. The van der Waals surface area contributed by atoms with Gasteiger partial charge in [-0.2, -0.15) is 0 Å². The summed E-state index contributed by atoms with van der Waals surface area (Å²) >= 11 is 0. The molecule has 2 heterocycles. The number of hydrogen-bond acceptors (Lipinski definition) is 7. The third kappa shape index (κ3) is 7.15. The van der Waals surface area contributed by atoms with Crippen molar-refractivity contribution in [3.63, 3.8) is 0 Å². The average molecular weight is 520 g/mol. The molecule has 1 aromatic heterocycles. The van der Waals surface area contributed by atoms with Crippen molar-refractivity contribution in [3.8, 4) is 28.9 Å². The lowest BCUT2D eigenvalue weighted by atomic mass is 10.1. The molecule has 200 valence electrons. The molecule has 1 aliphatic rings. The minimum absolute atomic E-state index is 0.0893. The number of aromatic nitrogens is 1. The molecule has 0 aliphatic carbocycles. The minimum atomic E-state index is -0.318. The van der Waals surface area contributed by atoms with Crippen LogP contribution in [0.4, 0.5) is 0 Å². The highest BCUT2D eigenvalue weighted by molar-refractivity contribution is 5.98. The smallest absolute Gasteiger partial charge is 0.259 e. The number of pyridine rings is 1. The lowest BCUT2D eigenvalue weighted by Crippen LogP contribution is -2.41. The molecule has 0 saturated heterocycles. The number of carbonyl (C=O) groups is 2. The molecule has 9 heteroatoms. The van der Waals surface area contributed by atoms with E-state index in [1.54, 1.807) is 49.6 Å². The Balaban J connectivity index is 1.52. The number of nitrogens with one attached hydrogen (secondary N) is 1. The zero-order valence-electron chi connectivity index (χ0n) is 21.8. The van der Waals surface area contributed by atoms with E-state index in [4.69, 9.17) is 18.9 Å². The summed E-state index contributed by atoms with van der Waals surface area (Å²) in [6, 6.07) is 16.1. The van der Waals surface area contributed by atoms with Gasteiger partial charge in [0.05, 0.1) is 27.4 Å². The first-order valence-electron chi connectivity index (χ1n) is 12.7. The third-order valence-electron chi connectivity index (χ3n) is 6.16. The number of methoxy groups -OCH3 is 2. The van der Waals surface area contributed by atoms with Crippen molar-refractivity contribution in [3.05, 3.63) is 71.9 Å². The van der Waals surface area contributed by atoms with Gasteiger partial charge in [-0.05, 0) is 54.8 Å². The van der Waals surface area contributed by atoms with Gasteiger partial charge in [-0.1, -0.05) is 25.0 Å². The number of fused-ring (bicyclic) bond motifs is 2. The van der Waals surface area contributed by atoms with Crippen molar-refractivity contribution in [2.75, 3.05) is 33.9 Å². The summed E-state index contributed by atoms with van der Waals surface area (Å²) in [6.07, 6.45) is 5.07. The van der Waals surface area contributed by atoms with Gasteiger partial charge in [0.25, 0.3) is 5.91 Å². The van der Waals surface area contributed by atoms with E-state index >= 15 is 0 Å². The standard InChI is InChI=1S/C29H33N3O6/c1-35-22-16-21(17-23(18-22)36-2)19-31-27(33)20-32-14-7-3-4-8-15-37-25-11-5-6-12-26(25)38-28-24(29(32)34)10-9-13-30-28/h5-6,9-13,16-18H,3-4,7-8,14-15,19-20H2,1-2H3,(H,31,33). The molecule has 3 aromatic rings. The van der Waals surface area contributed by atoms with Crippen LogP contribution in [-0.2, 0) is 11.3 Å². The van der Waals surface area contributed by atoms with Gasteiger partial charge in [0.2, 0.25) is 11.8 Å². The number of amides is 2. The highest BCUT2D eigenvalue weighted by atomic mass is 16.5. The van der Waals surface area contributed by atoms with E-state index in [9.17, 15) is 9.59 Å². The maximum absolute atomic E-state index is 13.7. The van der Waals surface area contributed by atoms with Crippen molar-refractivity contribution in [1.29, 1.82) is 0 Å². The molecular weight excluding hydrogens is 486 g/mol. The molecule has 2 aromatic carbocycles. The highest BCUT2D eigenvalue weighted by Gasteiger charge is 2.24. The molecule has 0 unspecified atom stereocenters. The Labute approximate surface area is 222 Å². The van der Waals surface area contributed by atoms with E-state index in [2.05, 4.69) is 10.3 Å². The van der Waals surface area contributed by atoms with Crippen LogP contribution in [0.2, 0.25) is 0 Å². The SMILES string of the molecule is COc1cc(CNC(=O)CN2CCCCCCOc3ccccc3Oc3ncccc3C2=O)cc(OC)c1. The predicted octanol–water partition coefficient (Wildman–Crippen LogP) is 4.60. The quantitative estimate of drug-likeness (QED) is 0.508. The topological polar surface area (TPSA) is 99.2 Å². The molecular formula is C29H33N3O6. The molecule has 1 aliphatic heterocycles. The minimum Gasteiger partial charge on any atom is -0.497 e. The van der Waals surface area contributed by atoms with Gasteiger partial charge in [0, 0.05) is 25.4 Å². The predicted molar refractivity (Wildman–Crippen MR) is 142 cm³/mol. The van der Waals surface area contributed by atoms with Gasteiger partial charge in [0.15, 0.2) is 11.5 Å². The molecule has 1 N–H and O–H groups in total. The van der Waals surface area contributed by atoms with Gasteiger partial charge in [-0.25, -0.2) is 4.98 Å². The molecule has 0 fully saturated rings. The summed E-state index contributed by atoms with van der Waals surface area (Å²) in [7, 11) is 3.15. The number of hydrogen-bond donors (Lipinski definition) is 1. The number of rotatable bonds is 6. The van der Waals surface area contributed by atoms with Crippen LogP contribution in [0.1, 0.15) is 41.6 Å². The fourth-order valence-electron chi connectivity index (χ4n) is 4.15. The second-order valence-corrected chi connectivity index (χ2v) is 8.89. The number of ether oxygens (including phenoxy) is 4. The molecule has 0 atom stereocenters.